The summed E-state index contributed by atoms with van der Waals surface area (Å²) in [5.74, 6) is -0.0579. The Morgan fingerprint density at radius 2 is 2.19 bits per heavy atom. The molecule has 2 aromatic rings. The minimum atomic E-state index is -0.676. The van der Waals surface area contributed by atoms with Crippen molar-refractivity contribution in [3.63, 3.8) is 0 Å². The Labute approximate surface area is 136 Å². The lowest BCUT2D eigenvalue weighted by molar-refractivity contribution is 0.00293. The van der Waals surface area contributed by atoms with Gasteiger partial charge < -0.3 is 14.5 Å². The molecular formula is C15H15BrClNO3. The molecule has 0 spiro atoms. The number of nitrogens with one attached hydrogen (secondary N) is 1. The summed E-state index contributed by atoms with van der Waals surface area (Å²) in [4.78, 5) is 12.0. The quantitative estimate of drug-likeness (QED) is 0.863. The molecule has 112 valence electrons. The molecule has 2 rings (SSSR count). The first-order chi connectivity index (χ1) is 9.94. The molecule has 1 N–H and O–H groups in total. The third-order valence-electron chi connectivity index (χ3n) is 3.27. The Morgan fingerprint density at radius 3 is 2.76 bits per heavy atom. The third kappa shape index (κ3) is 3.87. The molecule has 1 atom stereocenters. The third-order valence-corrected chi connectivity index (χ3v) is 3.93. The maximum atomic E-state index is 12.0. The monoisotopic (exact) mass is 371 g/mol. The predicted octanol–water partition coefficient (Wildman–Crippen LogP) is 3.99. The average Bonchev–Trinajstić information content (AvgIpc) is 2.91. The van der Waals surface area contributed by atoms with E-state index in [0.717, 1.165) is 5.56 Å². The van der Waals surface area contributed by atoms with Gasteiger partial charge in [-0.05, 0) is 52.7 Å². The molecule has 0 aliphatic rings. The molecular weight excluding hydrogens is 358 g/mol. The van der Waals surface area contributed by atoms with Gasteiger partial charge in [-0.1, -0.05) is 23.7 Å². The average molecular weight is 373 g/mol. The van der Waals surface area contributed by atoms with E-state index in [1.54, 1.807) is 25.3 Å². The van der Waals surface area contributed by atoms with Crippen molar-refractivity contribution in [1.29, 1.82) is 0 Å². The van der Waals surface area contributed by atoms with E-state index in [0.29, 0.717) is 16.2 Å². The lowest BCUT2D eigenvalue weighted by atomic mass is 9.95. The summed E-state index contributed by atoms with van der Waals surface area (Å²) in [6.45, 7) is 2.18. The highest BCUT2D eigenvalue weighted by Crippen LogP contribution is 2.26. The van der Waals surface area contributed by atoms with Crippen LogP contribution >= 0.6 is 27.5 Å². The van der Waals surface area contributed by atoms with E-state index in [1.165, 1.54) is 0 Å². The van der Waals surface area contributed by atoms with Gasteiger partial charge in [-0.3, -0.25) is 4.79 Å². The van der Waals surface area contributed by atoms with Crippen molar-refractivity contribution in [3.05, 3.63) is 57.4 Å². The Kier molecular flexibility index (Phi) is 5.08. The number of halogens is 2. The Hall–Kier alpha value is -1.30. The molecule has 1 heterocycles. The van der Waals surface area contributed by atoms with Crippen molar-refractivity contribution in [3.8, 4) is 0 Å². The lowest BCUT2D eigenvalue weighted by Crippen LogP contribution is -2.40. The van der Waals surface area contributed by atoms with Gasteiger partial charge in [-0.2, -0.15) is 0 Å². The van der Waals surface area contributed by atoms with E-state index in [-0.39, 0.29) is 11.7 Å². The second kappa shape index (κ2) is 6.64. The minimum absolute atomic E-state index is 0.242. The highest BCUT2D eigenvalue weighted by Gasteiger charge is 2.27. The van der Waals surface area contributed by atoms with E-state index >= 15 is 0 Å². The van der Waals surface area contributed by atoms with Gasteiger partial charge in [0.2, 0.25) is 0 Å². The zero-order valence-corrected chi connectivity index (χ0v) is 14.0. The summed E-state index contributed by atoms with van der Waals surface area (Å²) in [6, 6.07) is 10.6. The summed E-state index contributed by atoms with van der Waals surface area (Å²) in [5.41, 5.74) is 0.211. The number of hydrogen-bond donors (Lipinski definition) is 1. The molecule has 21 heavy (non-hydrogen) atoms. The highest BCUT2D eigenvalue weighted by molar-refractivity contribution is 9.10. The normalized spacial score (nSPS) is 13.7. The molecule has 1 aromatic carbocycles. The number of amides is 1. The van der Waals surface area contributed by atoms with E-state index in [4.69, 9.17) is 20.8 Å². The van der Waals surface area contributed by atoms with Gasteiger partial charge in [0.15, 0.2) is 10.4 Å². The first kappa shape index (κ1) is 16.1. The second-order valence-corrected chi connectivity index (χ2v) is 5.95. The molecule has 0 saturated carbocycles. The largest absolute Gasteiger partial charge is 0.444 e. The summed E-state index contributed by atoms with van der Waals surface area (Å²) in [5, 5.41) is 3.42. The van der Waals surface area contributed by atoms with Crippen LogP contribution in [0.15, 0.2) is 45.5 Å². The maximum absolute atomic E-state index is 12.0. The van der Waals surface area contributed by atoms with Crippen molar-refractivity contribution in [2.24, 2.45) is 0 Å². The fraction of sp³-hybridized carbons (Fsp3) is 0.267. The summed E-state index contributed by atoms with van der Waals surface area (Å²) in [7, 11) is 1.59. The van der Waals surface area contributed by atoms with Crippen LogP contribution in [0.2, 0.25) is 5.02 Å². The van der Waals surface area contributed by atoms with E-state index < -0.39 is 5.60 Å². The van der Waals surface area contributed by atoms with Crippen LogP contribution < -0.4 is 5.32 Å². The highest BCUT2D eigenvalue weighted by atomic mass is 79.9. The number of ether oxygens (including phenoxy) is 1. The first-order valence-corrected chi connectivity index (χ1v) is 7.46. The van der Waals surface area contributed by atoms with Gasteiger partial charge in [-0.25, -0.2) is 0 Å². The lowest BCUT2D eigenvalue weighted by Gasteiger charge is -2.29. The topological polar surface area (TPSA) is 51.5 Å². The molecule has 1 amide bonds. The van der Waals surface area contributed by atoms with Gasteiger partial charge in [0.1, 0.15) is 5.60 Å². The summed E-state index contributed by atoms with van der Waals surface area (Å²) < 4.78 is 11.3. The molecule has 0 fully saturated rings. The van der Waals surface area contributed by atoms with Crippen LogP contribution in [0.3, 0.4) is 0 Å². The fourth-order valence-electron chi connectivity index (χ4n) is 1.88. The van der Waals surface area contributed by atoms with Crippen LogP contribution in [-0.4, -0.2) is 19.6 Å². The smallest absolute Gasteiger partial charge is 0.287 e. The number of benzene rings is 1. The number of rotatable bonds is 5. The van der Waals surface area contributed by atoms with Crippen molar-refractivity contribution in [2.45, 2.75) is 12.5 Å². The second-order valence-electron chi connectivity index (χ2n) is 4.73. The summed E-state index contributed by atoms with van der Waals surface area (Å²) in [6.07, 6.45) is 0. The van der Waals surface area contributed by atoms with Gasteiger partial charge in [0.05, 0.1) is 6.54 Å². The Balaban J connectivity index is 2.10. The number of carbonyl (C=O) groups is 1. The SMILES string of the molecule is COC(C)(CNC(=O)c1ccc(Br)o1)c1cccc(Cl)c1. The molecule has 0 radical (unpaired) electrons. The van der Waals surface area contributed by atoms with Crippen molar-refractivity contribution in [2.75, 3.05) is 13.7 Å². The van der Waals surface area contributed by atoms with Crippen LogP contribution in [0.1, 0.15) is 23.0 Å². The fourth-order valence-corrected chi connectivity index (χ4v) is 2.38. The molecule has 0 aliphatic carbocycles. The number of carbonyl (C=O) groups excluding carboxylic acids is 1. The molecule has 0 bridgehead atoms. The zero-order chi connectivity index (χ0) is 15.5. The number of hydrogen-bond acceptors (Lipinski definition) is 3. The zero-order valence-electron chi connectivity index (χ0n) is 11.7. The van der Waals surface area contributed by atoms with Crippen molar-refractivity contribution in [1.82, 2.24) is 5.32 Å². The van der Waals surface area contributed by atoms with E-state index in [2.05, 4.69) is 21.2 Å². The molecule has 0 saturated heterocycles. The molecule has 6 heteroatoms. The molecule has 0 aliphatic heterocycles. The van der Waals surface area contributed by atoms with Gasteiger partial charge in [0.25, 0.3) is 5.91 Å². The van der Waals surface area contributed by atoms with E-state index in [1.807, 2.05) is 25.1 Å². The number of methoxy groups -OCH3 is 1. The molecule has 4 nitrogen and oxygen atoms in total. The minimum Gasteiger partial charge on any atom is -0.444 e. The van der Waals surface area contributed by atoms with Crippen molar-refractivity contribution < 1.29 is 13.9 Å². The van der Waals surface area contributed by atoms with E-state index in [9.17, 15) is 4.79 Å². The van der Waals surface area contributed by atoms with Crippen LogP contribution in [0.25, 0.3) is 0 Å². The maximum Gasteiger partial charge on any atom is 0.287 e. The van der Waals surface area contributed by atoms with Crippen LogP contribution in [0.5, 0.6) is 0 Å². The van der Waals surface area contributed by atoms with Gasteiger partial charge in [-0.15, -0.1) is 0 Å². The predicted molar refractivity (Wildman–Crippen MR) is 84.6 cm³/mol. The van der Waals surface area contributed by atoms with Crippen LogP contribution in [0, 0.1) is 0 Å². The van der Waals surface area contributed by atoms with Crippen molar-refractivity contribution >= 4 is 33.4 Å². The van der Waals surface area contributed by atoms with Crippen LogP contribution in [-0.2, 0) is 10.3 Å². The Bertz CT molecular complexity index is 643. The van der Waals surface area contributed by atoms with Gasteiger partial charge >= 0.3 is 0 Å². The summed E-state index contributed by atoms with van der Waals surface area (Å²) >= 11 is 9.17. The van der Waals surface area contributed by atoms with Crippen LogP contribution in [0.4, 0.5) is 0 Å². The molecule has 1 unspecified atom stereocenters. The molecule has 1 aromatic heterocycles. The number of furan rings is 1. The first-order valence-electron chi connectivity index (χ1n) is 6.29. The Morgan fingerprint density at radius 1 is 1.43 bits per heavy atom. The van der Waals surface area contributed by atoms with Gasteiger partial charge in [0, 0.05) is 12.1 Å². The standard InChI is InChI=1S/C15H15BrClNO3/c1-15(20-2,10-4-3-5-11(17)8-10)9-18-14(19)12-6-7-13(16)21-12/h3-8H,9H2,1-2H3,(H,18,19).